The van der Waals surface area contributed by atoms with E-state index in [-0.39, 0.29) is 23.8 Å². The number of anilines is 1. The smallest absolute Gasteiger partial charge is 0.374 e. The molecule has 196 valence electrons. The Morgan fingerprint density at radius 3 is 2.57 bits per heavy atom. The van der Waals surface area contributed by atoms with Crippen molar-refractivity contribution in [3.8, 4) is 0 Å². The molecule has 0 unspecified atom stereocenters. The summed E-state index contributed by atoms with van der Waals surface area (Å²) >= 11 is 7.97. The number of nitrogens with zero attached hydrogens (tertiary/aromatic N) is 1. The lowest BCUT2D eigenvalue weighted by Crippen LogP contribution is -2.32. The van der Waals surface area contributed by atoms with E-state index in [4.69, 9.17) is 20.8 Å². The molecule has 37 heavy (non-hydrogen) atoms. The molecule has 0 aliphatic carbocycles. The second-order valence-corrected chi connectivity index (χ2v) is 11.8. The van der Waals surface area contributed by atoms with Gasteiger partial charge in [-0.3, -0.25) is 4.31 Å². The van der Waals surface area contributed by atoms with E-state index in [0.29, 0.717) is 40.3 Å². The number of benzene rings is 2. The van der Waals surface area contributed by atoms with Crippen molar-refractivity contribution in [3.05, 3.63) is 80.2 Å². The van der Waals surface area contributed by atoms with Crippen molar-refractivity contribution in [1.82, 2.24) is 5.32 Å². The van der Waals surface area contributed by atoms with Gasteiger partial charge in [0.2, 0.25) is 5.76 Å². The van der Waals surface area contributed by atoms with Gasteiger partial charge in [-0.2, -0.15) is 0 Å². The Morgan fingerprint density at radius 1 is 1.11 bits per heavy atom. The van der Waals surface area contributed by atoms with E-state index >= 15 is 0 Å². The molecule has 0 fully saturated rings. The van der Waals surface area contributed by atoms with Gasteiger partial charge in [0.15, 0.2) is 0 Å². The van der Waals surface area contributed by atoms with E-state index in [1.54, 1.807) is 62.4 Å². The van der Waals surface area contributed by atoms with Crippen molar-refractivity contribution in [3.63, 3.8) is 0 Å². The van der Waals surface area contributed by atoms with Gasteiger partial charge in [0.1, 0.15) is 5.58 Å². The maximum absolute atomic E-state index is 13.9. The predicted octanol–water partition coefficient (Wildman–Crippen LogP) is 6.45. The number of aryl methyl sites for hydroxylation is 2. The Hall–Kier alpha value is -2.85. The Kier molecular flexibility index (Phi) is 8.28. The first-order chi connectivity index (χ1) is 17.7. The Balaban J connectivity index is 1.67. The van der Waals surface area contributed by atoms with Crippen LogP contribution in [0.1, 0.15) is 46.0 Å². The van der Waals surface area contributed by atoms with E-state index in [9.17, 15) is 13.2 Å². The zero-order chi connectivity index (χ0) is 26.7. The van der Waals surface area contributed by atoms with E-state index < -0.39 is 16.0 Å². The number of sulfonamides is 1. The minimum atomic E-state index is -3.94. The molecule has 4 aromatic rings. The number of halogens is 1. The highest BCUT2D eigenvalue weighted by molar-refractivity contribution is 7.92. The summed E-state index contributed by atoms with van der Waals surface area (Å²) in [5.74, 6) is -0.502. The molecular weight excluding hydrogens is 532 g/mol. The topological polar surface area (TPSA) is 88.8 Å². The minimum Gasteiger partial charge on any atom is -0.460 e. The molecule has 0 radical (unpaired) electrons. The third kappa shape index (κ3) is 5.55. The van der Waals surface area contributed by atoms with E-state index in [1.165, 1.54) is 20.8 Å². The number of carbonyl (C=O) groups is 1. The summed E-state index contributed by atoms with van der Waals surface area (Å²) in [6.45, 7) is 8.84. The molecule has 0 atom stereocenters. The van der Waals surface area contributed by atoms with Gasteiger partial charge in [0, 0.05) is 40.5 Å². The van der Waals surface area contributed by atoms with Crippen molar-refractivity contribution >= 4 is 55.6 Å². The Morgan fingerprint density at radius 2 is 1.89 bits per heavy atom. The number of hydrogen-bond acceptors (Lipinski definition) is 7. The van der Waals surface area contributed by atoms with Crippen LogP contribution in [0.5, 0.6) is 0 Å². The first-order valence-corrected chi connectivity index (χ1v) is 14.6. The molecule has 2 aromatic heterocycles. The maximum Gasteiger partial charge on any atom is 0.374 e. The average Bonchev–Trinajstić information content (AvgIpc) is 3.43. The standard InChI is InChI=1S/C27H29ClN2O5S2/c1-5-30(23-9-7-20(28)13-19(23)15-29-16-25-17(3)11-12-36-25)37(32,33)21-8-10-24-22(14-21)18(4)26(35-24)27(31)34-6-2/h7-14,29H,5-6,15-16H2,1-4H3. The summed E-state index contributed by atoms with van der Waals surface area (Å²) < 4.78 is 39.8. The van der Waals surface area contributed by atoms with Gasteiger partial charge in [-0.25, -0.2) is 13.2 Å². The van der Waals surface area contributed by atoms with Crippen LogP contribution in [0.2, 0.25) is 5.02 Å². The number of fused-ring (bicyclic) bond motifs is 1. The Bertz CT molecular complexity index is 1540. The average molecular weight is 561 g/mol. The third-order valence-corrected chi connectivity index (χ3v) is 9.27. The van der Waals surface area contributed by atoms with Crippen LogP contribution in [0.15, 0.2) is 57.2 Å². The lowest BCUT2D eigenvalue weighted by molar-refractivity contribution is 0.0491. The van der Waals surface area contributed by atoms with Gasteiger partial charge in [-0.15, -0.1) is 11.3 Å². The third-order valence-electron chi connectivity index (χ3n) is 6.12. The highest BCUT2D eigenvalue weighted by Crippen LogP contribution is 2.33. The molecule has 10 heteroatoms. The first kappa shape index (κ1) is 27.2. The second-order valence-electron chi connectivity index (χ2n) is 8.51. The SMILES string of the molecule is CCOC(=O)c1oc2ccc(S(=O)(=O)N(CC)c3ccc(Cl)cc3CNCc3sccc3C)cc2c1C. The van der Waals surface area contributed by atoms with Crippen LogP contribution in [0.3, 0.4) is 0 Å². The number of hydrogen-bond donors (Lipinski definition) is 1. The second kappa shape index (κ2) is 11.3. The molecule has 0 saturated heterocycles. The molecule has 0 saturated carbocycles. The highest BCUT2D eigenvalue weighted by atomic mass is 35.5. The van der Waals surface area contributed by atoms with Crippen molar-refractivity contribution < 1.29 is 22.4 Å². The number of carbonyl (C=O) groups excluding carboxylic acids is 1. The summed E-state index contributed by atoms with van der Waals surface area (Å²) in [6, 6.07) is 11.9. The number of esters is 1. The quantitative estimate of drug-likeness (QED) is 0.224. The van der Waals surface area contributed by atoms with E-state index in [2.05, 4.69) is 23.7 Å². The van der Waals surface area contributed by atoms with Crippen LogP contribution in [0.25, 0.3) is 11.0 Å². The van der Waals surface area contributed by atoms with E-state index in [0.717, 1.165) is 5.56 Å². The zero-order valence-corrected chi connectivity index (χ0v) is 23.5. The number of thiophene rings is 1. The van der Waals surface area contributed by atoms with Crippen LogP contribution in [-0.2, 0) is 27.8 Å². The number of furan rings is 1. The predicted molar refractivity (Wildman–Crippen MR) is 148 cm³/mol. The highest BCUT2D eigenvalue weighted by Gasteiger charge is 2.27. The number of ether oxygens (including phenoxy) is 1. The fourth-order valence-corrected chi connectivity index (χ4v) is 6.79. The van der Waals surface area contributed by atoms with Crippen molar-refractivity contribution in [2.45, 2.75) is 45.7 Å². The van der Waals surface area contributed by atoms with Crippen LogP contribution < -0.4 is 9.62 Å². The van der Waals surface area contributed by atoms with Gasteiger partial charge in [0.25, 0.3) is 10.0 Å². The van der Waals surface area contributed by atoms with Crippen molar-refractivity contribution in [2.75, 3.05) is 17.5 Å². The van der Waals surface area contributed by atoms with E-state index in [1.807, 2.05) is 0 Å². The maximum atomic E-state index is 13.9. The lowest BCUT2D eigenvalue weighted by Gasteiger charge is -2.26. The van der Waals surface area contributed by atoms with Gasteiger partial charge >= 0.3 is 5.97 Å². The zero-order valence-electron chi connectivity index (χ0n) is 21.1. The minimum absolute atomic E-state index is 0.0748. The fraction of sp³-hybridized carbons (Fsp3) is 0.296. The van der Waals surface area contributed by atoms with Gasteiger partial charge in [-0.05, 0) is 86.7 Å². The molecule has 0 aliphatic heterocycles. The van der Waals surface area contributed by atoms with Gasteiger partial charge in [0.05, 0.1) is 17.2 Å². The molecule has 4 rings (SSSR count). The molecule has 0 spiro atoms. The molecule has 1 N–H and O–H groups in total. The summed E-state index contributed by atoms with van der Waals surface area (Å²) in [4.78, 5) is 13.6. The normalized spacial score (nSPS) is 11.7. The summed E-state index contributed by atoms with van der Waals surface area (Å²) in [7, 11) is -3.94. The summed E-state index contributed by atoms with van der Waals surface area (Å²) in [5, 5.41) is 6.54. The van der Waals surface area contributed by atoms with Crippen LogP contribution in [0.4, 0.5) is 5.69 Å². The van der Waals surface area contributed by atoms with Crippen LogP contribution in [-0.4, -0.2) is 27.5 Å². The van der Waals surface area contributed by atoms with Crippen LogP contribution >= 0.6 is 22.9 Å². The molecular formula is C27H29ClN2O5S2. The number of nitrogens with one attached hydrogen (secondary N) is 1. The summed E-state index contributed by atoms with van der Waals surface area (Å²) in [5.41, 5.74) is 3.50. The molecule has 7 nitrogen and oxygen atoms in total. The van der Waals surface area contributed by atoms with Crippen molar-refractivity contribution in [2.24, 2.45) is 0 Å². The lowest BCUT2D eigenvalue weighted by atomic mass is 10.1. The number of rotatable bonds is 10. The first-order valence-electron chi connectivity index (χ1n) is 11.9. The van der Waals surface area contributed by atoms with Gasteiger partial charge in [-0.1, -0.05) is 11.6 Å². The Labute approximate surface area is 226 Å². The molecule has 0 bridgehead atoms. The molecule has 2 heterocycles. The monoisotopic (exact) mass is 560 g/mol. The fourth-order valence-electron chi connectivity index (χ4n) is 4.18. The van der Waals surface area contributed by atoms with Crippen molar-refractivity contribution in [1.29, 1.82) is 0 Å². The largest absolute Gasteiger partial charge is 0.460 e. The van der Waals surface area contributed by atoms with Gasteiger partial charge < -0.3 is 14.5 Å². The molecule has 0 amide bonds. The van der Waals surface area contributed by atoms with Crippen LogP contribution in [0, 0.1) is 13.8 Å². The molecule has 2 aromatic carbocycles. The molecule has 0 aliphatic rings. The summed E-state index contributed by atoms with van der Waals surface area (Å²) in [6.07, 6.45) is 0.